The van der Waals surface area contributed by atoms with Crippen molar-refractivity contribution in [3.05, 3.63) is 17.0 Å². The van der Waals surface area contributed by atoms with E-state index in [1.165, 1.54) is 0 Å². The summed E-state index contributed by atoms with van der Waals surface area (Å²) in [7, 11) is 0. The fourth-order valence-electron chi connectivity index (χ4n) is 1.64. The molecule has 1 rings (SSSR count). The first-order valence-electron chi connectivity index (χ1n) is 6.33. The number of aromatic nitrogens is 2. The molecule has 5 heteroatoms. The first kappa shape index (κ1) is 15.2. The zero-order valence-electron chi connectivity index (χ0n) is 11.5. The first-order chi connectivity index (χ1) is 8.40. The minimum atomic E-state index is -0.180. The van der Waals surface area contributed by atoms with Crippen LogP contribution in [-0.4, -0.2) is 27.2 Å². The normalized spacial score (nSPS) is 14.6. The molecule has 0 spiro atoms. The topological polar surface area (TPSA) is 58.0 Å². The Morgan fingerprint density at radius 2 is 2.11 bits per heavy atom. The molecule has 102 valence electrons. The lowest BCUT2D eigenvalue weighted by Gasteiger charge is -2.29. The van der Waals surface area contributed by atoms with Crippen LogP contribution in [0.15, 0.2) is 6.07 Å². The van der Waals surface area contributed by atoms with Crippen LogP contribution < -0.4 is 5.32 Å². The highest BCUT2D eigenvalue weighted by Gasteiger charge is 2.22. The van der Waals surface area contributed by atoms with E-state index in [2.05, 4.69) is 29.1 Å². The van der Waals surface area contributed by atoms with Crippen molar-refractivity contribution in [3.63, 3.8) is 0 Å². The third-order valence-electron chi connectivity index (χ3n) is 3.10. The van der Waals surface area contributed by atoms with E-state index >= 15 is 0 Å². The molecule has 18 heavy (non-hydrogen) atoms. The number of anilines is 1. The maximum Gasteiger partial charge on any atom is 0.135 e. The van der Waals surface area contributed by atoms with Gasteiger partial charge >= 0.3 is 0 Å². The van der Waals surface area contributed by atoms with Crippen molar-refractivity contribution in [1.29, 1.82) is 0 Å². The molecule has 0 radical (unpaired) electrons. The molecule has 0 saturated carbocycles. The van der Waals surface area contributed by atoms with Gasteiger partial charge in [-0.1, -0.05) is 32.4 Å². The number of nitrogens with one attached hydrogen (secondary N) is 1. The molecule has 0 aliphatic rings. The van der Waals surface area contributed by atoms with Crippen molar-refractivity contribution in [2.24, 2.45) is 0 Å². The number of halogens is 1. The number of aliphatic hydroxyl groups is 1. The Morgan fingerprint density at radius 1 is 1.44 bits per heavy atom. The predicted molar refractivity (Wildman–Crippen MR) is 75.2 cm³/mol. The van der Waals surface area contributed by atoms with E-state index < -0.39 is 0 Å². The highest BCUT2D eigenvalue weighted by atomic mass is 35.5. The van der Waals surface area contributed by atoms with Gasteiger partial charge in [0.15, 0.2) is 0 Å². The third-order valence-corrected chi connectivity index (χ3v) is 3.30. The Morgan fingerprint density at radius 3 is 2.61 bits per heavy atom. The van der Waals surface area contributed by atoms with Crippen LogP contribution in [-0.2, 0) is 0 Å². The van der Waals surface area contributed by atoms with Crippen molar-refractivity contribution in [2.75, 3.05) is 11.9 Å². The second-order valence-corrected chi connectivity index (χ2v) is 5.49. The number of hydrogen-bond acceptors (Lipinski definition) is 4. The Hall–Kier alpha value is -0.870. The van der Waals surface area contributed by atoms with E-state index in [9.17, 15) is 0 Å². The summed E-state index contributed by atoms with van der Waals surface area (Å²) in [5.41, 5.74) is -0.180. The van der Waals surface area contributed by atoms with Gasteiger partial charge < -0.3 is 10.4 Å². The van der Waals surface area contributed by atoms with Crippen LogP contribution in [0.4, 0.5) is 5.82 Å². The largest absolute Gasteiger partial charge is 0.396 e. The van der Waals surface area contributed by atoms with E-state index in [1.54, 1.807) is 6.07 Å². The van der Waals surface area contributed by atoms with Gasteiger partial charge in [0.2, 0.25) is 0 Å². The maximum absolute atomic E-state index is 9.11. The van der Waals surface area contributed by atoms with Crippen molar-refractivity contribution in [3.8, 4) is 0 Å². The highest BCUT2D eigenvalue weighted by molar-refractivity contribution is 6.29. The Balaban J connectivity index is 2.96. The minimum absolute atomic E-state index is 0.146. The zero-order valence-corrected chi connectivity index (χ0v) is 12.3. The maximum atomic E-state index is 9.11. The van der Waals surface area contributed by atoms with Gasteiger partial charge in [-0.2, -0.15) is 0 Å². The van der Waals surface area contributed by atoms with Gasteiger partial charge in [-0.05, 0) is 19.8 Å². The summed E-state index contributed by atoms with van der Waals surface area (Å²) in [5.74, 6) is 1.68. The van der Waals surface area contributed by atoms with Crippen molar-refractivity contribution >= 4 is 17.4 Å². The Bertz CT molecular complexity index is 398. The quantitative estimate of drug-likeness (QED) is 0.780. The molecule has 2 N–H and O–H groups in total. The van der Waals surface area contributed by atoms with Crippen molar-refractivity contribution in [2.45, 2.75) is 52.0 Å². The van der Waals surface area contributed by atoms with Gasteiger partial charge in [-0.15, -0.1) is 0 Å². The summed E-state index contributed by atoms with van der Waals surface area (Å²) in [6.45, 7) is 8.35. The molecule has 1 heterocycles. The van der Waals surface area contributed by atoms with E-state index in [-0.39, 0.29) is 18.1 Å². The molecule has 0 aromatic carbocycles. The highest BCUT2D eigenvalue weighted by Crippen LogP contribution is 2.23. The standard InChI is InChI=1S/C13H22ClN3O/c1-5-13(4,6-7-18)17-11-8-10(14)15-12(16-11)9(2)3/h8-9,18H,5-7H2,1-4H3,(H,15,16,17). The minimum Gasteiger partial charge on any atom is -0.396 e. The molecule has 1 unspecified atom stereocenters. The van der Waals surface area contributed by atoms with E-state index in [4.69, 9.17) is 16.7 Å². The molecule has 0 saturated heterocycles. The zero-order chi connectivity index (χ0) is 13.8. The summed E-state index contributed by atoms with van der Waals surface area (Å²) >= 11 is 6.00. The van der Waals surface area contributed by atoms with Crippen LogP contribution in [0.2, 0.25) is 5.15 Å². The van der Waals surface area contributed by atoms with Crippen LogP contribution in [0.1, 0.15) is 52.3 Å². The number of nitrogens with zero attached hydrogens (tertiary/aromatic N) is 2. The molecule has 1 aromatic rings. The number of rotatable bonds is 6. The molecule has 0 amide bonds. The average Bonchev–Trinajstić information content (AvgIpc) is 2.28. The van der Waals surface area contributed by atoms with E-state index in [0.29, 0.717) is 11.6 Å². The summed E-state index contributed by atoms with van der Waals surface area (Å²) in [5, 5.41) is 12.9. The van der Waals surface area contributed by atoms with Crippen molar-refractivity contribution < 1.29 is 5.11 Å². The molecule has 1 aromatic heterocycles. The van der Waals surface area contributed by atoms with Gasteiger partial charge in [0.05, 0.1) is 0 Å². The fraction of sp³-hybridized carbons (Fsp3) is 0.692. The predicted octanol–water partition coefficient (Wildman–Crippen LogP) is 3.22. The Kier molecular flexibility index (Phi) is 5.35. The fourth-order valence-corrected chi connectivity index (χ4v) is 1.83. The smallest absolute Gasteiger partial charge is 0.135 e. The van der Waals surface area contributed by atoms with Crippen molar-refractivity contribution in [1.82, 2.24) is 9.97 Å². The molecule has 0 aliphatic heterocycles. The van der Waals surface area contributed by atoms with E-state index in [1.807, 2.05) is 13.8 Å². The lowest BCUT2D eigenvalue weighted by molar-refractivity contribution is 0.252. The van der Waals surface area contributed by atoms with Crippen LogP contribution >= 0.6 is 11.6 Å². The monoisotopic (exact) mass is 271 g/mol. The van der Waals surface area contributed by atoms with Gasteiger partial charge in [0.25, 0.3) is 0 Å². The third kappa shape index (κ3) is 4.10. The molecule has 0 bridgehead atoms. The summed E-state index contributed by atoms with van der Waals surface area (Å²) in [6.07, 6.45) is 1.56. The molecule has 1 atom stereocenters. The Labute approximate surface area is 114 Å². The van der Waals surface area contributed by atoms with Gasteiger partial charge in [-0.25, -0.2) is 9.97 Å². The van der Waals surface area contributed by atoms with E-state index in [0.717, 1.165) is 18.1 Å². The second kappa shape index (κ2) is 6.34. The van der Waals surface area contributed by atoms with Gasteiger partial charge in [0.1, 0.15) is 16.8 Å². The summed E-state index contributed by atoms with van der Waals surface area (Å²) < 4.78 is 0. The molecular formula is C13H22ClN3O. The lowest BCUT2D eigenvalue weighted by atomic mass is 9.95. The molecule has 0 aliphatic carbocycles. The first-order valence-corrected chi connectivity index (χ1v) is 6.71. The van der Waals surface area contributed by atoms with Crippen LogP contribution in [0.5, 0.6) is 0 Å². The van der Waals surface area contributed by atoms with Gasteiger partial charge in [0, 0.05) is 24.1 Å². The van der Waals surface area contributed by atoms with Gasteiger partial charge in [-0.3, -0.25) is 0 Å². The summed E-state index contributed by atoms with van der Waals surface area (Å²) in [6, 6.07) is 1.72. The second-order valence-electron chi connectivity index (χ2n) is 5.10. The van der Waals surface area contributed by atoms with Crippen LogP contribution in [0, 0.1) is 0 Å². The SMILES string of the molecule is CCC(C)(CCO)Nc1cc(Cl)nc(C(C)C)n1. The average molecular weight is 272 g/mol. The van der Waals surface area contributed by atoms with Crippen LogP contribution in [0.25, 0.3) is 0 Å². The molecular weight excluding hydrogens is 250 g/mol. The summed E-state index contributed by atoms with van der Waals surface area (Å²) in [4.78, 5) is 8.66. The number of hydrogen-bond donors (Lipinski definition) is 2. The number of aliphatic hydroxyl groups excluding tert-OH is 1. The van der Waals surface area contributed by atoms with Crippen LogP contribution in [0.3, 0.4) is 0 Å². The molecule has 0 fully saturated rings. The lowest BCUT2D eigenvalue weighted by Crippen LogP contribution is -2.35. The molecule has 4 nitrogen and oxygen atoms in total.